The summed E-state index contributed by atoms with van der Waals surface area (Å²) in [5.41, 5.74) is 1.87. The Balaban J connectivity index is 2.45. The third-order valence-corrected chi connectivity index (χ3v) is 4.06. The van der Waals surface area contributed by atoms with Gasteiger partial charge < -0.3 is 0 Å². The summed E-state index contributed by atoms with van der Waals surface area (Å²) in [6.45, 7) is 1.81. The molecule has 2 aromatic rings. The molecule has 2 rings (SSSR count). The fourth-order valence-corrected chi connectivity index (χ4v) is 2.75. The Hall–Kier alpha value is -0.750. The van der Waals surface area contributed by atoms with Gasteiger partial charge in [-0.1, -0.05) is 6.07 Å². The lowest BCUT2D eigenvalue weighted by atomic mass is 10.0. The smallest absolute Gasteiger partial charge is 0.194 e. The summed E-state index contributed by atoms with van der Waals surface area (Å²) < 4.78 is 14.1. The van der Waals surface area contributed by atoms with Crippen LogP contribution in [0.4, 0.5) is 4.39 Å². The number of halogens is 2. The average Bonchev–Trinajstić information content (AvgIpc) is 2.67. The van der Waals surface area contributed by atoms with Crippen LogP contribution in [-0.2, 0) is 0 Å². The van der Waals surface area contributed by atoms with Crippen molar-refractivity contribution in [1.82, 2.24) is 0 Å². The zero-order chi connectivity index (χ0) is 11.7. The number of hydrogen-bond acceptors (Lipinski definition) is 2. The molecule has 16 heavy (non-hydrogen) atoms. The second kappa shape index (κ2) is 4.63. The van der Waals surface area contributed by atoms with Crippen molar-refractivity contribution in [3.05, 3.63) is 55.0 Å². The fraction of sp³-hybridized carbons (Fsp3) is 0.0833. The van der Waals surface area contributed by atoms with Gasteiger partial charge in [-0.05, 0) is 53.3 Å². The first kappa shape index (κ1) is 11.7. The predicted molar refractivity (Wildman–Crippen MR) is 71.6 cm³/mol. The first-order chi connectivity index (χ1) is 7.58. The Labute approximate surface area is 110 Å². The molecule has 0 bridgehead atoms. The van der Waals surface area contributed by atoms with Gasteiger partial charge in [0.2, 0.25) is 0 Å². The van der Waals surface area contributed by atoms with Crippen LogP contribution >= 0.6 is 33.9 Å². The van der Waals surface area contributed by atoms with Crippen LogP contribution in [0.25, 0.3) is 0 Å². The molecule has 0 aliphatic carbocycles. The molecule has 0 spiro atoms. The molecule has 0 fully saturated rings. The third-order valence-electron chi connectivity index (χ3n) is 2.27. The number of carbonyl (C=O) groups excluding carboxylic acids is 1. The summed E-state index contributed by atoms with van der Waals surface area (Å²) in [5.74, 6) is -0.491. The molecule has 1 nitrogen and oxygen atoms in total. The predicted octanol–water partition coefficient (Wildman–Crippen LogP) is 4.03. The van der Waals surface area contributed by atoms with Crippen LogP contribution in [0.5, 0.6) is 0 Å². The van der Waals surface area contributed by atoms with Crippen molar-refractivity contribution >= 4 is 39.7 Å². The highest BCUT2D eigenvalue weighted by molar-refractivity contribution is 14.1. The van der Waals surface area contributed by atoms with Gasteiger partial charge in [-0.3, -0.25) is 4.79 Å². The molecule has 0 saturated heterocycles. The summed E-state index contributed by atoms with van der Waals surface area (Å²) >= 11 is 3.67. The molecule has 0 N–H and O–H groups in total. The van der Waals surface area contributed by atoms with Gasteiger partial charge in [-0.25, -0.2) is 4.39 Å². The van der Waals surface area contributed by atoms with Gasteiger partial charge in [0, 0.05) is 16.5 Å². The van der Waals surface area contributed by atoms with Crippen LogP contribution in [0, 0.1) is 15.6 Å². The van der Waals surface area contributed by atoms with Crippen LogP contribution < -0.4 is 0 Å². The normalized spacial score (nSPS) is 10.4. The minimum Gasteiger partial charge on any atom is -0.289 e. The molecule has 0 radical (unpaired) electrons. The van der Waals surface area contributed by atoms with Crippen molar-refractivity contribution in [2.24, 2.45) is 0 Å². The Morgan fingerprint density at radius 3 is 2.75 bits per heavy atom. The Morgan fingerprint density at radius 1 is 1.38 bits per heavy atom. The van der Waals surface area contributed by atoms with E-state index >= 15 is 0 Å². The topological polar surface area (TPSA) is 17.1 Å². The summed E-state index contributed by atoms with van der Waals surface area (Å²) in [7, 11) is 0. The van der Waals surface area contributed by atoms with E-state index in [-0.39, 0.29) is 11.6 Å². The maximum atomic E-state index is 13.1. The quantitative estimate of drug-likeness (QED) is 0.593. The van der Waals surface area contributed by atoms with Crippen molar-refractivity contribution < 1.29 is 9.18 Å². The summed E-state index contributed by atoms with van der Waals surface area (Å²) in [5, 5.41) is 1.80. The highest BCUT2D eigenvalue weighted by atomic mass is 127. The van der Waals surface area contributed by atoms with Crippen molar-refractivity contribution in [3.8, 4) is 0 Å². The van der Waals surface area contributed by atoms with E-state index < -0.39 is 0 Å². The summed E-state index contributed by atoms with van der Waals surface area (Å²) in [6.07, 6.45) is 0. The molecular weight excluding hydrogens is 338 g/mol. The second-order valence-electron chi connectivity index (χ2n) is 3.43. The molecule has 0 aliphatic rings. The highest BCUT2D eigenvalue weighted by Crippen LogP contribution is 2.21. The van der Waals surface area contributed by atoms with Crippen LogP contribution in [0.3, 0.4) is 0 Å². The SMILES string of the molecule is Cc1ccc(F)cc1C(=O)c1csc(I)c1. The van der Waals surface area contributed by atoms with Crippen LogP contribution in [0.2, 0.25) is 0 Å². The van der Waals surface area contributed by atoms with Crippen LogP contribution in [-0.4, -0.2) is 5.78 Å². The molecule has 0 unspecified atom stereocenters. The first-order valence-electron chi connectivity index (χ1n) is 4.63. The van der Waals surface area contributed by atoms with Crippen molar-refractivity contribution in [2.75, 3.05) is 0 Å². The van der Waals surface area contributed by atoms with E-state index in [1.54, 1.807) is 11.4 Å². The number of carbonyl (C=O) groups is 1. The largest absolute Gasteiger partial charge is 0.289 e. The number of ketones is 1. The number of benzene rings is 1. The van der Waals surface area contributed by atoms with Gasteiger partial charge in [-0.15, -0.1) is 11.3 Å². The molecule has 4 heteroatoms. The van der Waals surface area contributed by atoms with Crippen molar-refractivity contribution in [1.29, 1.82) is 0 Å². The molecular formula is C12H8FIOS. The van der Waals surface area contributed by atoms with Crippen LogP contribution in [0.1, 0.15) is 21.5 Å². The molecule has 0 aliphatic heterocycles. The Bertz CT molecular complexity index is 548. The second-order valence-corrected chi connectivity index (χ2v) is 6.23. The number of rotatable bonds is 2. The lowest BCUT2D eigenvalue weighted by Crippen LogP contribution is -2.02. The Morgan fingerprint density at radius 2 is 2.12 bits per heavy atom. The van der Waals surface area contributed by atoms with Gasteiger partial charge >= 0.3 is 0 Å². The van der Waals surface area contributed by atoms with E-state index in [1.807, 2.05) is 13.0 Å². The summed E-state index contributed by atoms with van der Waals surface area (Å²) in [6, 6.07) is 6.10. The number of hydrogen-bond donors (Lipinski definition) is 0. The maximum absolute atomic E-state index is 13.1. The van der Waals surface area contributed by atoms with E-state index in [2.05, 4.69) is 22.6 Å². The van der Waals surface area contributed by atoms with Gasteiger partial charge in [-0.2, -0.15) is 0 Å². The van der Waals surface area contributed by atoms with E-state index in [9.17, 15) is 9.18 Å². The lowest BCUT2D eigenvalue weighted by Gasteiger charge is -2.03. The number of aryl methyl sites for hydroxylation is 1. The van der Waals surface area contributed by atoms with E-state index in [0.717, 1.165) is 8.45 Å². The third kappa shape index (κ3) is 2.32. The minimum atomic E-state index is -0.376. The first-order valence-corrected chi connectivity index (χ1v) is 6.58. The Kier molecular flexibility index (Phi) is 3.39. The van der Waals surface area contributed by atoms with Gasteiger partial charge in [0.15, 0.2) is 5.78 Å². The zero-order valence-electron chi connectivity index (χ0n) is 8.46. The molecule has 1 aromatic carbocycles. The lowest BCUT2D eigenvalue weighted by molar-refractivity contribution is 0.103. The monoisotopic (exact) mass is 346 g/mol. The van der Waals surface area contributed by atoms with Gasteiger partial charge in [0.1, 0.15) is 5.82 Å². The molecule has 0 atom stereocenters. The van der Waals surface area contributed by atoms with E-state index in [0.29, 0.717) is 11.1 Å². The average molecular weight is 346 g/mol. The molecule has 0 amide bonds. The molecule has 1 heterocycles. The number of thiophene rings is 1. The standard InChI is InChI=1S/C12H8FIOS/c1-7-2-3-9(13)5-10(7)12(15)8-4-11(14)16-6-8/h2-6H,1H3. The van der Waals surface area contributed by atoms with E-state index in [4.69, 9.17) is 0 Å². The van der Waals surface area contributed by atoms with Gasteiger partial charge in [0.25, 0.3) is 0 Å². The molecule has 1 aromatic heterocycles. The highest BCUT2D eigenvalue weighted by Gasteiger charge is 2.13. The minimum absolute atomic E-state index is 0.115. The molecule has 0 saturated carbocycles. The van der Waals surface area contributed by atoms with Crippen molar-refractivity contribution in [2.45, 2.75) is 6.92 Å². The van der Waals surface area contributed by atoms with Crippen molar-refractivity contribution in [3.63, 3.8) is 0 Å². The van der Waals surface area contributed by atoms with Gasteiger partial charge in [0.05, 0.1) is 2.88 Å². The fourth-order valence-electron chi connectivity index (χ4n) is 1.42. The summed E-state index contributed by atoms with van der Waals surface area (Å²) in [4.78, 5) is 12.1. The zero-order valence-corrected chi connectivity index (χ0v) is 11.4. The maximum Gasteiger partial charge on any atom is 0.194 e. The van der Waals surface area contributed by atoms with E-state index in [1.165, 1.54) is 23.5 Å². The molecule has 82 valence electrons. The van der Waals surface area contributed by atoms with Crippen LogP contribution in [0.15, 0.2) is 29.6 Å².